The average Bonchev–Trinajstić information content (AvgIpc) is 2.27. The highest BCUT2D eigenvalue weighted by atomic mass is 14.9. The van der Waals surface area contributed by atoms with Crippen molar-refractivity contribution in [1.82, 2.24) is 0 Å². The molecule has 1 heteroatoms. The number of aryl methyl sites for hydroxylation is 3. The quantitative estimate of drug-likeness (QED) is 0.617. The summed E-state index contributed by atoms with van der Waals surface area (Å²) < 4.78 is 2.39. The fourth-order valence-corrected chi connectivity index (χ4v) is 2.10. The van der Waals surface area contributed by atoms with E-state index < -0.39 is 0 Å². The summed E-state index contributed by atoms with van der Waals surface area (Å²) in [6.45, 7) is 7.93. The summed E-state index contributed by atoms with van der Waals surface area (Å²) in [5, 5.41) is 0. The van der Waals surface area contributed by atoms with Gasteiger partial charge < -0.3 is 0 Å². The molecule has 1 rings (SSSR count). The smallest absolute Gasteiger partial charge is 0.171 e. The number of rotatable bonds is 7. The summed E-state index contributed by atoms with van der Waals surface area (Å²) >= 11 is 0. The Kier molecular flexibility index (Phi) is 6.14. The predicted molar refractivity (Wildman–Crippen MR) is 69.5 cm³/mol. The average molecular weight is 220 g/mol. The van der Waals surface area contributed by atoms with E-state index in [1.165, 1.54) is 56.2 Å². The van der Waals surface area contributed by atoms with Gasteiger partial charge in [-0.1, -0.05) is 40.0 Å². The molecule has 90 valence electrons. The van der Waals surface area contributed by atoms with Crippen LogP contribution in [-0.4, -0.2) is 0 Å². The first-order valence-corrected chi connectivity index (χ1v) is 6.82. The van der Waals surface area contributed by atoms with Gasteiger partial charge in [0, 0.05) is 17.5 Å². The van der Waals surface area contributed by atoms with Crippen molar-refractivity contribution in [2.24, 2.45) is 0 Å². The SMILES string of the molecule is CCCC[n+]1cc(CCC)cc(CCC)c1. The largest absolute Gasteiger partial charge is 0.205 e. The summed E-state index contributed by atoms with van der Waals surface area (Å²) in [4.78, 5) is 0. The van der Waals surface area contributed by atoms with Crippen LogP contribution in [0.25, 0.3) is 0 Å². The van der Waals surface area contributed by atoms with Crippen molar-refractivity contribution < 1.29 is 4.57 Å². The van der Waals surface area contributed by atoms with Crippen LogP contribution < -0.4 is 4.57 Å². The van der Waals surface area contributed by atoms with E-state index in [1.807, 2.05) is 0 Å². The molecule has 0 aliphatic rings. The topological polar surface area (TPSA) is 3.88 Å². The van der Waals surface area contributed by atoms with E-state index in [-0.39, 0.29) is 0 Å². The molecule has 0 spiro atoms. The van der Waals surface area contributed by atoms with Gasteiger partial charge in [-0.3, -0.25) is 0 Å². The summed E-state index contributed by atoms with van der Waals surface area (Å²) in [6.07, 6.45) is 12.1. The minimum absolute atomic E-state index is 1.17. The molecule has 16 heavy (non-hydrogen) atoms. The third-order valence-corrected chi connectivity index (χ3v) is 2.88. The Morgan fingerprint density at radius 1 is 0.875 bits per heavy atom. The molecule has 0 saturated heterocycles. The van der Waals surface area contributed by atoms with Gasteiger partial charge in [0.15, 0.2) is 12.4 Å². The molecule has 0 bridgehead atoms. The number of unbranched alkanes of at least 4 members (excludes halogenated alkanes) is 1. The highest BCUT2D eigenvalue weighted by Gasteiger charge is 2.06. The van der Waals surface area contributed by atoms with Crippen molar-refractivity contribution in [1.29, 1.82) is 0 Å². The van der Waals surface area contributed by atoms with Crippen LogP contribution in [0.1, 0.15) is 57.6 Å². The Balaban J connectivity index is 2.80. The molecule has 0 amide bonds. The Bertz CT molecular complexity index is 280. The fourth-order valence-electron chi connectivity index (χ4n) is 2.10. The molecule has 1 aromatic heterocycles. The molecule has 0 atom stereocenters. The van der Waals surface area contributed by atoms with Crippen LogP contribution in [0, 0.1) is 0 Å². The van der Waals surface area contributed by atoms with Gasteiger partial charge in [0.25, 0.3) is 0 Å². The summed E-state index contributed by atoms with van der Waals surface area (Å²) in [5.41, 5.74) is 3.01. The molecule has 1 aromatic rings. The molecular formula is C15H26N+. The third kappa shape index (κ3) is 4.34. The molecule has 0 saturated carbocycles. The fraction of sp³-hybridized carbons (Fsp3) is 0.667. The molecule has 0 fully saturated rings. The number of hydrogen-bond donors (Lipinski definition) is 0. The maximum absolute atomic E-state index is 2.39. The maximum Gasteiger partial charge on any atom is 0.171 e. The Morgan fingerprint density at radius 2 is 1.44 bits per heavy atom. The van der Waals surface area contributed by atoms with E-state index in [9.17, 15) is 0 Å². The van der Waals surface area contributed by atoms with Crippen molar-refractivity contribution in [3.05, 3.63) is 29.6 Å². The minimum Gasteiger partial charge on any atom is -0.205 e. The first-order chi connectivity index (χ1) is 7.80. The van der Waals surface area contributed by atoms with Crippen molar-refractivity contribution in [3.8, 4) is 0 Å². The van der Waals surface area contributed by atoms with Crippen LogP contribution >= 0.6 is 0 Å². The van der Waals surface area contributed by atoms with Crippen LogP contribution in [0.3, 0.4) is 0 Å². The maximum atomic E-state index is 2.39. The zero-order valence-corrected chi connectivity index (χ0v) is 11.1. The first kappa shape index (κ1) is 13.2. The van der Waals surface area contributed by atoms with Gasteiger partial charge in [0.1, 0.15) is 6.54 Å². The monoisotopic (exact) mass is 220 g/mol. The number of nitrogens with zero attached hydrogens (tertiary/aromatic N) is 1. The Morgan fingerprint density at radius 3 is 1.88 bits per heavy atom. The normalized spacial score (nSPS) is 10.7. The van der Waals surface area contributed by atoms with Gasteiger partial charge in [-0.2, -0.15) is 0 Å². The second-order valence-electron chi connectivity index (χ2n) is 4.64. The van der Waals surface area contributed by atoms with Crippen molar-refractivity contribution in [2.45, 2.75) is 65.8 Å². The Labute approximate surface area is 101 Å². The third-order valence-electron chi connectivity index (χ3n) is 2.88. The van der Waals surface area contributed by atoms with Gasteiger partial charge in [0.05, 0.1) is 0 Å². The second kappa shape index (κ2) is 7.43. The lowest BCUT2D eigenvalue weighted by Gasteiger charge is -2.04. The van der Waals surface area contributed by atoms with Crippen molar-refractivity contribution in [3.63, 3.8) is 0 Å². The van der Waals surface area contributed by atoms with Crippen LogP contribution in [0.4, 0.5) is 0 Å². The summed E-state index contributed by atoms with van der Waals surface area (Å²) in [5.74, 6) is 0. The van der Waals surface area contributed by atoms with E-state index in [4.69, 9.17) is 0 Å². The molecule has 0 radical (unpaired) electrons. The number of aromatic nitrogens is 1. The molecule has 0 unspecified atom stereocenters. The molecular weight excluding hydrogens is 194 g/mol. The predicted octanol–water partition coefficient (Wildman–Crippen LogP) is 3.68. The zero-order chi connectivity index (χ0) is 11.8. The molecule has 1 nitrogen and oxygen atoms in total. The standard InChI is InChI=1S/C15H26N/c1-4-7-10-16-12-14(8-5-2)11-15(13-16)9-6-3/h11-13H,4-10H2,1-3H3/q+1. The van der Waals surface area contributed by atoms with Gasteiger partial charge in [-0.15, -0.1) is 0 Å². The highest BCUT2D eigenvalue weighted by molar-refractivity contribution is 5.15. The minimum atomic E-state index is 1.17. The second-order valence-corrected chi connectivity index (χ2v) is 4.64. The van der Waals surface area contributed by atoms with Gasteiger partial charge >= 0.3 is 0 Å². The van der Waals surface area contributed by atoms with Gasteiger partial charge in [-0.25, -0.2) is 4.57 Å². The van der Waals surface area contributed by atoms with Crippen LogP contribution in [0.15, 0.2) is 18.5 Å². The lowest BCUT2D eigenvalue weighted by atomic mass is 10.1. The molecule has 0 aromatic carbocycles. The molecule has 0 N–H and O–H groups in total. The van der Waals surface area contributed by atoms with Crippen LogP contribution in [0.2, 0.25) is 0 Å². The van der Waals surface area contributed by atoms with Crippen molar-refractivity contribution in [2.75, 3.05) is 0 Å². The van der Waals surface area contributed by atoms with E-state index in [0.717, 1.165) is 0 Å². The lowest BCUT2D eigenvalue weighted by Crippen LogP contribution is -2.34. The summed E-state index contributed by atoms with van der Waals surface area (Å²) in [7, 11) is 0. The number of pyridine rings is 1. The summed E-state index contributed by atoms with van der Waals surface area (Å²) in [6, 6.07) is 2.38. The van der Waals surface area contributed by atoms with E-state index in [1.54, 1.807) is 0 Å². The molecule has 0 aliphatic heterocycles. The van der Waals surface area contributed by atoms with Gasteiger partial charge in [-0.05, 0) is 18.9 Å². The number of hydrogen-bond acceptors (Lipinski definition) is 0. The van der Waals surface area contributed by atoms with Crippen molar-refractivity contribution >= 4 is 0 Å². The van der Waals surface area contributed by atoms with Gasteiger partial charge in [0.2, 0.25) is 0 Å². The highest BCUT2D eigenvalue weighted by Crippen LogP contribution is 2.07. The first-order valence-electron chi connectivity index (χ1n) is 6.82. The molecule has 0 aliphatic carbocycles. The van der Waals surface area contributed by atoms with Crippen LogP contribution in [-0.2, 0) is 19.4 Å². The molecule has 1 heterocycles. The van der Waals surface area contributed by atoms with E-state index in [2.05, 4.69) is 43.8 Å². The van der Waals surface area contributed by atoms with Crippen LogP contribution in [0.5, 0.6) is 0 Å². The zero-order valence-electron chi connectivity index (χ0n) is 11.1. The van der Waals surface area contributed by atoms with E-state index in [0.29, 0.717) is 0 Å². The Hall–Kier alpha value is -0.850. The lowest BCUT2D eigenvalue weighted by molar-refractivity contribution is -0.698. The van der Waals surface area contributed by atoms with E-state index >= 15 is 0 Å².